The van der Waals surface area contributed by atoms with Crippen LogP contribution in [-0.4, -0.2) is 25.7 Å². The molecule has 1 aromatic carbocycles. The molecule has 1 aliphatic carbocycles. The molecule has 2 unspecified atom stereocenters. The SMILES string of the molecule is CCNCC(C)NCC1CCCc2ccccc21. The van der Waals surface area contributed by atoms with Crippen molar-refractivity contribution in [3.63, 3.8) is 0 Å². The van der Waals surface area contributed by atoms with Gasteiger partial charge < -0.3 is 10.6 Å². The highest BCUT2D eigenvalue weighted by molar-refractivity contribution is 5.32. The number of fused-ring (bicyclic) bond motifs is 1. The number of likely N-dealkylation sites (N-methyl/N-ethyl adjacent to an activating group) is 1. The molecule has 0 fully saturated rings. The molecule has 1 aliphatic rings. The van der Waals surface area contributed by atoms with Gasteiger partial charge in [-0.2, -0.15) is 0 Å². The fraction of sp³-hybridized carbons (Fsp3) is 0.625. The second kappa shape index (κ2) is 6.91. The number of benzene rings is 1. The van der Waals surface area contributed by atoms with Gasteiger partial charge in [-0.3, -0.25) is 0 Å². The molecule has 0 spiro atoms. The van der Waals surface area contributed by atoms with Gasteiger partial charge in [-0.05, 0) is 49.8 Å². The molecule has 0 heterocycles. The molecule has 0 bridgehead atoms. The smallest absolute Gasteiger partial charge is 0.0164 e. The van der Waals surface area contributed by atoms with E-state index in [9.17, 15) is 0 Å². The van der Waals surface area contributed by atoms with E-state index in [4.69, 9.17) is 0 Å². The predicted molar refractivity (Wildman–Crippen MR) is 78.1 cm³/mol. The molecule has 100 valence electrons. The highest BCUT2D eigenvalue weighted by Gasteiger charge is 2.19. The molecule has 2 rings (SSSR count). The molecular formula is C16H26N2. The van der Waals surface area contributed by atoms with Crippen molar-refractivity contribution in [1.29, 1.82) is 0 Å². The Labute approximate surface area is 111 Å². The molecule has 0 aliphatic heterocycles. The molecule has 0 amide bonds. The maximum absolute atomic E-state index is 3.67. The maximum atomic E-state index is 3.67. The lowest BCUT2D eigenvalue weighted by molar-refractivity contribution is 0.451. The zero-order valence-corrected chi connectivity index (χ0v) is 11.7. The molecule has 18 heavy (non-hydrogen) atoms. The number of nitrogens with one attached hydrogen (secondary N) is 2. The van der Waals surface area contributed by atoms with Gasteiger partial charge in [0.05, 0.1) is 0 Å². The average molecular weight is 246 g/mol. The zero-order chi connectivity index (χ0) is 12.8. The van der Waals surface area contributed by atoms with Crippen LogP contribution in [0, 0.1) is 0 Å². The number of hydrogen-bond acceptors (Lipinski definition) is 2. The first-order valence-electron chi connectivity index (χ1n) is 7.33. The third-order valence-corrected chi connectivity index (χ3v) is 3.91. The van der Waals surface area contributed by atoms with Crippen LogP contribution in [0.1, 0.15) is 43.7 Å². The van der Waals surface area contributed by atoms with Crippen LogP contribution in [0.5, 0.6) is 0 Å². The quantitative estimate of drug-likeness (QED) is 0.806. The molecule has 2 heteroatoms. The molecular weight excluding hydrogens is 220 g/mol. The number of aryl methyl sites for hydroxylation is 1. The van der Waals surface area contributed by atoms with Crippen LogP contribution in [-0.2, 0) is 6.42 Å². The summed E-state index contributed by atoms with van der Waals surface area (Å²) in [6, 6.07) is 9.51. The monoisotopic (exact) mass is 246 g/mol. The Kier molecular flexibility index (Phi) is 5.21. The normalized spacial score (nSPS) is 20.4. The predicted octanol–water partition coefficient (Wildman–Crippen LogP) is 2.69. The Hall–Kier alpha value is -0.860. The third kappa shape index (κ3) is 3.56. The summed E-state index contributed by atoms with van der Waals surface area (Å²) in [4.78, 5) is 0. The molecule has 0 radical (unpaired) electrons. The summed E-state index contributed by atoms with van der Waals surface area (Å²) in [6.45, 7) is 7.65. The van der Waals surface area contributed by atoms with Crippen molar-refractivity contribution < 1.29 is 0 Å². The molecule has 2 atom stereocenters. The van der Waals surface area contributed by atoms with E-state index < -0.39 is 0 Å². The van der Waals surface area contributed by atoms with Crippen molar-refractivity contribution in [1.82, 2.24) is 10.6 Å². The first-order valence-corrected chi connectivity index (χ1v) is 7.33. The van der Waals surface area contributed by atoms with Gasteiger partial charge in [0, 0.05) is 19.1 Å². The van der Waals surface area contributed by atoms with Gasteiger partial charge >= 0.3 is 0 Å². The molecule has 0 aromatic heterocycles. The standard InChI is InChI=1S/C16H26N2/c1-3-17-11-13(2)18-12-15-9-6-8-14-7-4-5-10-16(14)15/h4-5,7,10,13,15,17-18H,3,6,8-9,11-12H2,1-2H3. The lowest BCUT2D eigenvalue weighted by atomic mass is 9.83. The first-order chi connectivity index (χ1) is 8.81. The lowest BCUT2D eigenvalue weighted by Gasteiger charge is -2.27. The topological polar surface area (TPSA) is 24.1 Å². The van der Waals surface area contributed by atoms with E-state index in [0.717, 1.165) is 19.6 Å². The molecule has 1 aromatic rings. The van der Waals surface area contributed by atoms with Crippen LogP contribution < -0.4 is 10.6 Å². The first kappa shape index (κ1) is 13.6. The van der Waals surface area contributed by atoms with Gasteiger partial charge in [-0.15, -0.1) is 0 Å². The third-order valence-electron chi connectivity index (χ3n) is 3.91. The van der Waals surface area contributed by atoms with Crippen LogP contribution in [0.15, 0.2) is 24.3 Å². The minimum Gasteiger partial charge on any atom is -0.315 e. The summed E-state index contributed by atoms with van der Waals surface area (Å²) in [5.41, 5.74) is 3.14. The van der Waals surface area contributed by atoms with Crippen LogP contribution >= 0.6 is 0 Å². The van der Waals surface area contributed by atoms with Crippen molar-refractivity contribution in [3.05, 3.63) is 35.4 Å². The molecule has 2 nitrogen and oxygen atoms in total. The van der Waals surface area contributed by atoms with E-state index in [1.165, 1.54) is 19.3 Å². The second-order valence-corrected chi connectivity index (χ2v) is 5.40. The fourth-order valence-electron chi connectivity index (χ4n) is 2.84. The number of hydrogen-bond donors (Lipinski definition) is 2. The Morgan fingerprint density at radius 2 is 2.17 bits per heavy atom. The summed E-state index contributed by atoms with van der Waals surface area (Å²) >= 11 is 0. The van der Waals surface area contributed by atoms with Crippen LogP contribution in [0.25, 0.3) is 0 Å². The van der Waals surface area contributed by atoms with Crippen LogP contribution in [0.3, 0.4) is 0 Å². The van der Waals surface area contributed by atoms with Gasteiger partial charge in [-0.1, -0.05) is 31.2 Å². The fourth-order valence-corrected chi connectivity index (χ4v) is 2.84. The van der Waals surface area contributed by atoms with Gasteiger partial charge in [0.2, 0.25) is 0 Å². The Bertz CT molecular complexity index is 362. The van der Waals surface area contributed by atoms with Crippen molar-refractivity contribution >= 4 is 0 Å². The highest BCUT2D eigenvalue weighted by atomic mass is 15.0. The van der Waals surface area contributed by atoms with Gasteiger partial charge in [-0.25, -0.2) is 0 Å². The zero-order valence-electron chi connectivity index (χ0n) is 11.7. The summed E-state index contributed by atoms with van der Waals surface area (Å²) < 4.78 is 0. The van der Waals surface area contributed by atoms with E-state index in [2.05, 4.69) is 48.7 Å². The minimum absolute atomic E-state index is 0.555. The largest absolute Gasteiger partial charge is 0.315 e. The Balaban J connectivity index is 1.87. The van der Waals surface area contributed by atoms with E-state index in [1.54, 1.807) is 11.1 Å². The van der Waals surface area contributed by atoms with Gasteiger partial charge in [0.25, 0.3) is 0 Å². The van der Waals surface area contributed by atoms with Gasteiger partial charge in [0.1, 0.15) is 0 Å². The summed E-state index contributed by atoms with van der Waals surface area (Å²) in [6.07, 6.45) is 3.93. The summed E-state index contributed by atoms with van der Waals surface area (Å²) in [7, 11) is 0. The maximum Gasteiger partial charge on any atom is 0.0164 e. The summed E-state index contributed by atoms with van der Waals surface area (Å²) in [5, 5.41) is 7.06. The van der Waals surface area contributed by atoms with Crippen molar-refractivity contribution in [3.8, 4) is 0 Å². The van der Waals surface area contributed by atoms with E-state index >= 15 is 0 Å². The van der Waals surface area contributed by atoms with Crippen molar-refractivity contribution in [2.75, 3.05) is 19.6 Å². The second-order valence-electron chi connectivity index (χ2n) is 5.40. The van der Waals surface area contributed by atoms with E-state index in [1.807, 2.05) is 0 Å². The lowest BCUT2D eigenvalue weighted by Crippen LogP contribution is -2.38. The highest BCUT2D eigenvalue weighted by Crippen LogP contribution is 2.30. The average Bonchev–Trinajstić information content (AvgIpc) is 2.42. The molecule has 2 N–H and O–H groups in total. The number of rotatable bonds is 6. The van der Waals surface area contributed by atoms with Crippen molar-refractivity contribution in [2.24, 2.45) is 0 Å². The minimum atomic E-state index is 0.555. The van der Waals surface area contributed by atoms with Crippen LogP contribution in [0.4, 0.5) is 0 Å². The summed E-state index contributed by atoms with van der Waals surface area (Å²) in [5.74, 6) is 0.707. The van der Waals surface area contributed by atoms with E-state index in [0.29, 0.717) is 12.0 Å². The Morgan fingerprint density at radius 1 is 1.33 bits per heavy atom. The van der Waals surface area contributed by atoms with Gasteiger partial charge in [0.15, 0.2) is 0 Å². The molecule has 0 saturated heterocycles. The Morgan fingerprint density at radius 3 is 3.00 bits per heavy atom. The van der Waals surface area contributed by atoms with Crippen molar-refractivity contribution in [2.45, 2.75) is 45.1 Å². The van der Waals surface area contributed by atoms with Crippen LogP contribution in [0.2, 0.25) is 0 Å². The molecule has 0 saturated carbocycles. The van der Waals surface area contributed by atoms with E-state index in [-0.39, 0.29) is 0 Å².